The van der Waals surface area contributed by atoms with Gasteiger partial charge in [0.05, 0.1) is 0 Å². The lowest BCUT2D eigenvalue weighted by Gasteiger charge is -2.60. The van der Waals surface area contributed by atoms with Gasteiger partial charge in [-0.15, -0.1) is 5.73 Å². The van der Waals surface area contributed by atoms with Gasteiger partial charge >= 0.3 is 0 Å². The highest BCUT2D eigenvalue weighted by molar-refractivity contribution is 5.44. The molecule has 0 amide bonds. The van der Waals surface area contributed by atoms with Crippen molar-refractivity contribution >= 4 is 0 Å². The first-order valence-corrected chi connectivity index (χ1v) is 5.21. The third-order valence-corrected chi connectivity index (χ3v) is 4.12. The smallest absolute Gasteiger partial charge is 0.000517 e. The highest BCUT2D eigenvalue weighted by Gasteiger charge is 2.57. The molecule has 2 fully saturated rings. The third-order valence-electron chi connectivity index (χ3n) is 4.12. The third kappa shape index (κ3) is 0.928. The number of hydrogen-bond acceptors (Lipinski definition) is 0. The number of hydrogen-bond donors (Lipinski definition) is 0. The van der Waals surface area contributed by atoms with E-state index in [1.54, 1.807) is 11.1 Å². The first-order valence-electron chi connectivity index (χ1n) is 5.21. The molecule has 2 aliphatic rings. The fraction of sp³-hybridized carbons (Fsp3) is 0.615. The van der Waals surface area contributed by atoms with Gasteiger partial charge in [0, 0.05) is 11.3 Å². The van der Waals surface area contributed by atoms with Crippen LogP contribution in [0.15, 0.2) is 29.0 Å². The van der Waals surface area contributed by atoms with Crippen molar-refractivity contribution in [2.45, 2.75) is 40.0 Å². The largest absolute Gasteiger partial charge is 0.129 e. The van der Waals surface area contributed by atoms with Gasteiger partial charge in [-0.1, -0.05) is 31.6 Å². The molecule has 0 heterocycles. The van der Waals surface area contributed by atoms with Crippen LogP contribution in [0.5, 0.6) is 0 Å². The van der Waals surface area contributed by atoms with Gasteiger partial charge in [-0.2, -0.15) is 0 Å². The molecular formula is C13H18. The molecule has 0 aromatic heterocycles. The molecule has 0 N–H and O–H groups in total. The summed E-state index contributed by atoms with van der Waals surface area (Å²) in [5.41, 5.74) is 8.40. The quantitative estimate of drug-likeness (QED) is 0.418. The summed E-state index contributed by atoms with van der Waals surface area (Å²) in [5, 5.41) is 0. The van der Waals surface area contributed by atoms with Crippen molar-refractivity contribution in [2.75, 3.05) is 0 Å². The summed E-state index contributed by atoms with van der Waals surface area (Å²) in [6, 6.07) is 0. The van der Waals surface area contributed by atoms with E-state index in [4.69, 9.17) is 0 Å². The van der Waals surface area contributed by atoms with Crippen molar-refractivity contribution in [1.29, 1.82) is 0 Å². The first kappa shape index (κ1) is 8.84. The van der Waals surface area contributed by atoms with Crippen LogP contribution in [0, 0.1) is 11.3 Å². The molecule has 2 saturated carbocycles. The Kier molecular flexibility index (Phi) is 1.78. The lowest BCUT2D eigenvalue weighted by atomic mass is 9.43. The van der Waals surface area contributed by atoms with Crippen LogP contribution < -0.4 is 0 Å². The standard InChI is InChI=1S/C13H18/c1-5-9(3)11-7-12-10(6-2)8-13(11,12)4/h12H,2,5,7-8H2,1,3-4H3. The minimum atomic E-state index is 0.514. The van der Waals surface area contributed by atoms with E-state index >= 15 is 0 Å². The average molecular weight is 174 g/mol. The molecule has 0 spiro atoms. The predicted octanol–water partition coefficient (Wildman–Crippen LogP) is 3.85. The van der Waals surface area contributed by atoms with Gasteiger partial charge in [-0.3, -0.25) is 0 Å². The average Bonchev–Trinajstić information content (AvgIpc) is 2.14. The van der Waals surface area contributed by atoms with E-state index in [1.165, 1.54) is 24.8 Å². The van der Waals surface area contributed by atoms with Gasteiger partial charge in [0.2, 0.25) is 0 Å². The summed E-state index contributed by atoms with van der Waals surface area (Å²) in [5.74, 6) is 0.793. The zero-order valence-electron chi connectivity index (χ0n) is 8.91. The first-order chi connectivity index (χ1) is 6.13. The van der Waals surface area contributed by atoms with Crippen molar-refractivity contribution in [3.63, 3.8) is 0 Å². The second kappa shape index (κ2) is 2.62. The van der Waals surface area contributed by atoms with Gasteiger partial charge in [0.15, 0.2) is 0 Å². The van der Waals surface area contributed by atoms with Crippen LogP contribution in [0.1, 0.15) is 40.0 Å². The zero-order valence-corrected chi connectivity index (χ0v) is 8.91. The highest BCUT2D eigenvalue weighted by atomic mass is 14.6. The van der Waals surface area contributed by atoms with Crippen LogP contribution in [-0.2, 0) is 0 Å². The lowest BCUT2D eigenvalue weighted by Crippen LogP contribution is -2.50. The van der Waals surface area contributed by atoms with E-state index in [1.807, 2.05) is 0 Å². The van der Waals surface area contributed by atoms with Crippen LogP contribution in [-0.4, -0.2) is 0 Å². The Morgan fingerprint density at radius 1 is 1.69 bits per heavy atom. The maximum atomic E-state index is 3.74. The molecule has 2 atom stereocenters. The molecule has 2 rings (SSSR count). The maximum absolute atomic E-state index is 3.74. The molecule has 0 aromatic carbocycles. The Morgan fingerprint density at radius 2 is 2.38 bits per heavy atom. The van der Waals surface area contributed by atoms with Crippen LogP contribution in [0.25, 0.3) is 0 Å². The molecule has 2 unspecified atom stereocenters. The molecule has 0 heteroatoms. The van der Waals surface area contributed by atoms with E-state index in [-0.39, 0.29) is 0 Å². The summed E-state index contributed by atoms with van der Waals surface area (Å²) in [4.78, 5) is 0. The Labute approximate surface area is 81.0 Å². The van der Waals surface area contributed by atoms with Crippen LogP contribution in [0.3, 0.4) is 0 Å². The molecule has 0 radical (unpaired) electrons. The second-order valence-electron chi connectivity index (χ2n) is 4.67. The monoisotopic (exact) mass is 174 g/mol. The maximum Gasteiger partial charge on any atom is 0.000517 e. The van der Waals surface area contributed by atoms with Gasteiger partial charge in [0.1, 0.15) is 0 Å². The van der Waals surface area contributed by atoms with Gasteiger partial charge < -0.3 is 0 Å². The SMILES string of the molecule is C=C=C1CC2(C)C(=C(C)CC)CC12. The van der Waals surface area contributed by atoms with E-state index in [0.29, 0.717) is 5.41 Å². The Morgan fingerprint density at radius 3 is 2.77 bits per heavy atom. The van der Waals surface area contributed by atoms with Crippen molar-refractivity contribution in [1.82, 2.24) is 0 Å². The van der Waals surface area contributed by atoms with Crippen molar-refractivity contribution < 1.29 is 0 Å². The van der Waals surface area contributed by atoms with Crippen molar-refractivity contribution in [3.05, 3.63) is 29.0 Å². The lowest BCUT2D eigenvalue weighted by molar-refractivity contribution is 0.0905. The van der Waals surface area contributed by atoms with E-state index in [0.717, 1.165) is 5.92 Å². The van der Waals surface area contributed by atoms with Crippen molar-refractivity contribution in [3.8, 4) is 0 Å². The summed E-state index contributed by atoms with van der Waals surface area (Å²) in [6.45, 7) is 10.7. The molecule has 0 aliphatic heterocycles. The Hall–Kier alpha value is -0.740. The minimum absolute atomic E-state index is 0.514. The summed E-state index contributed by atoms with van der Waals surface area (Å²) in [6.07, 6.45) is 3.71. The Bertz CT molecular complexity index is 326. The van der Waals surface area contributed by atoms with Crippen LogP contribution in [0.2, 0.25) is 0 Å². The fourth-order valence-corrected chi connectivity index (χ4v) is 2.93. The predicted molar refractivity (Wildman–Crippen MR) is 56.5 cm³/mol. The van der Waals surface area contributed by atoms with E-state index in [9.17, 15) is 0 Å². The number of rotatable bonds is 1. The second-order valence-corrected chi connectivity index (χ2v) is 4.67. The summed E-state index contributed by atoms with van der Waals surface area (Å²) >= 11 is 0. The Balaban J connectivity index is 2.25. The minimum Gasteiger partial charge on any atom is -0.129 e. The number of allylic oxidation sites excluding steroid dienone is 3. The molecular weight excluding hydrogens is 156 g/mol. The molecule has 0 aromatic rings. The van der Waals surface area contributed by atoms with Crippen LogP contribution in [0.4, 0.5) is 0 Å². The fourth-order valence-electron chi connectivity index (χ4n) is 2.93. The molecule has 13 heavy (non-hydrogen) atoms. The molecule has 2 aliphatic carbocycles. The van der Waals surface area contributed by atoms with Gasteiger partial charge in [0.25, 0.3) is 0 Å². The molecule has 0 bridgehead atoms. The molecule has 0 nitrogen and oxygen atoms in total. The molecule has 70 valence electrons. The zero-order chi connectivity index (χ0) is 9.64. The highest BCUT2D eigenvalue weighted by Crippen LogP contribution is 2.67. The summed E-state index contributed by atoms with van der Waals surface area (Å²) in [7, 11) is 0. The van der Waals surface area contributed by atoms with Crippen molar-refractivity contribution in [2.24, 2.45) is 11.3 Å². The molecule has 0 saturated heterocycles. The van der Waals surface area contributed by atoms with E-state index in [2.05, 4.69) is 33.1 Å². The normalized spacial score (nSPS) is 39.9. The van der Waals surface area contributed by atoms with Crippen LogP contribution >= 0.6 is 0 Å². The van der Waals surface area contributed by atoms with Gasteiger partial charge in [-0.05, 0) is 31.8 Å². The number of fused-ring (bicyclic) bond motifs is 1. The topological polar surface area (TPSA) is 0 Å². The summed E-state index contributed by atoms with van der Waals surface area (Å²) < 4.78 is 0. The van der Waals surface area contributed by atoms with E-state index < -0.39 is 0 Å². The van der Waals surface area contributed by atoms with Gasteiger partial charge in [-0.25, -0.2) is 0 Å².